The molecule has 5 rings (SSSR count). The van der Waals surface area contributed by atoms with E-state index < -0.39 is 17.6 Å². The summed E-state index contributed by atoms with van der Waals surface area (Å²) in [5.41, 5.74) is 1.70. The number of hydrogen-bond donors (Lipinski definition) is 2. The van der Waals surface area contributed by atoms with Gasteiger partial charge in [0.15, 0.2) is 23.1 Å². The SMILES string of the molecule is COc1c(OCC2CCN(C)CC2)ccc2c(Oc3ccc(NC(=O)C(=O)NCC(C)c4ccccc4)cc3F)ccnc12. The maximum Gasteiger partial charge on any atom is 0.313 e. The second kappa shape index (κ2) is 14.2. The molecule has 1 fully saturated rings. The van der Waals surface area contributed by atoms with Crippen molar-refractivity contribution in [3.05, 3.63) is 84.3 Å². The number of carbonyl (C=O) groups is 2. The van der Waals surface area contributed by atoms with Crippen LogP contribution < -0.4 is 24.8 Å². The van der Waals surface area contributed by atoms with E-state index in [9.17, 15) is 9.59 Å². The molecule has 0 spiro atoms. The third kappa shape index (κ3) is 7.44. The lowest BCUT2D eigenvalue weighted by Crippen LogP contribution is -2.37. The van der Waals surface area contributed by atoms with Gasteiger partial charge in [-0.1, -0.05) is 37.3 Å². The molecular formula is C34H37FN4O5. The molecule has 0 saturated carbocycles. The molecule has 1 saturated heterocycles. The monoisotopic (exact) mass is 600 g/mol. The number of aromatic nitrogens is 1. The number of carbonyl (C=O) groups excluding carboxylic acids is 2. The van der Waals surface area contributed by atoms with Gasteiger partial charge >= 0.3 is 11.8 Å². The Balaban J connectivity index is 1.22. The molecule has 44 heavy (non-hydrogen) atoms. The summed E-state index contributed by atoms with van der Waals surface area (Å²) in [6, 6.07) is 18.9. The van der Waals surface area contributed by atoms with Gasteiger partial charge in [0.2, 0.25) is 0 Å². The van der Waals surface area contributed by atoms with Crippen LogP contribution in [0.3, 0.4) is 0 Å². The third-order valence-corrected chi connectivity index (χ3v) is 7.86. The van der Waals surface area contributed by atoms with Crippen LogP contribution in [0.4, 0.5) is 10.1 Å². The van der Waals surface area contributed by atoms with Crippen molar-refractivity contribution in [3.63, 3.8) is 0 Å². The minimum absolute atomic E-state index is 0.0225. The van der Waals surface area contributed by atoms with Gasteiger partial charge in [0.25, 0.3) is 0 Å². The first-order chi connectivity index (χ1) is 21.3. The maximum atomic E-state index is 15.1. The Labute approximate surface area is 256 Å². The maximum absolute atomic E-state index is 15.1. The Bertz CT molecular complexity index is 1610. The van der Waals surface area contributed by atoms with Crippen molar-refractivity contribution in [1.29, 1.82) is 0 Å². The number of piperidine rings is 1. The molecule has 10 heteroatoms. The van der Waals surface area contributed by atoms with Crippen molar-refractivity contribution in [2.45, 2.75) is 25.7 Å². The van der Waals surface area contributed by atoms with Crippen LogP contribution in [0.15, 0.2) is 72.9 Å². The molecule has 1 aliphatic rings. The smallest absolute Gasteiger partial charge is 0.313 e. The van der Waals surface area contributed by atoms with E-state index >= 15 is 4.39 Å². The molecule has 230 valence electrons. The summed E-state index contributed by atoms with van der Waals surface area (Å²) in [6.45, 7) is 4.94. The zero-order chi connectivity index (χ0) is 31.1. The fourth-order valence-electron chi connectivity index (χ4n) is 5.18. The summed E-state index contributed by atoms with van der Waals surface area (Å²) in [6.07, 6.45) is 3.72. The highest BCUT2D eigenvalue weighted by Gasteiger charge is 2.21. The molecular weight excluding hydrogens is 563 g/mol. The van der Waals surface area contributed by atoms with E-state index in [1.165, 1.54) is 12.1 Å². The standard InChI is InChI=1S/C34H37FN4O5/c1-22(24-7-5-4-6-8-24)20-37-33(40)34(41)38-25-9-11-29(27(35)19-25)44-28-13-16-36-31-26(28)10-12-30(32(31)42-3)43-21-23-14-17-39(2)18-15-23/h4-13,16,19,22-23H,14-15,17-18,20-21H2,1-3H3,(H,37,40)(H,38,41). The number of ether oxygens (including phenoxy) is 3. The zero-order valence-corrected chi connectivity index (χ0v) is 25.1. The van der Waals surface area contributed by atoms with Gasteiger partial charge in [-0.25, -0.2) is 4.39 Å². The fraction of sp³-hybridized carbons (Fsp3) is 0.324. The molecule has 1 aliphatic heterocycles. The minimum Gasteiger partial charge on any atom is -0.491 e. The van der Waals surface area contributed by atoms with Crippen molar-refractivity contribution in [2.75, 3.05) is 45.7 Å². The van der Waals surface area contributed by atoms with E-state index in [-0.39, 0.29) is 23.9 Å². The number of rotatable bonds is 10. The molecule has 9 nitrogen and oxygen atoms in total. The van der Waals surface area contributed by atoms with E-state index in [0.717, 1.165) is 37.6 Å². The third-order valence-electron chi connectivity index (χ3n) is 7.86. The van der Waals surface area contributed by atoms with E-state index in [0.29, 0.717) is 40.7 Å². The molecule has 2 amide bonds. The molecule has 3 aromatic carbocycles. The van der Waals surface area contributed by atoms with Gasteiger partial charge in [0.05, 0.1) is 13.7 Å². The average molecular weight is 601 g/mol. The number of amides is 2. The van der Waals surface area contributed by atoms with Crippen molar-refractivity contribution in [1.82, 2.24) is 15.2 Å². The summed E-state index contributed by atoms with van der Waals surface area (Å²) in [7, 11) is 3.69. The largest absolute Gasteiger partial charge is 0.491 e. The van der Waals surface area contributed by atoms with Crippen molar-refractivity contribution < 1.29 is 28.2 Å². The van der Waals surface area contributed by atoms with Gasteiger partial charge < -0.3 is 29.7 Å². The Morgan fingerprint density at radius 1 is 1.00 bits per heavy atom. The van der Waals surface area contributed by atoms with Gasteiger partial charge in [0.1, 0.15) is 11.3 Å². The number of nitrogens with zero attached hydrogens (tertiary/aromatic N) is 2. The summed E-state index contributed by atoms with van der Waals surface area (Å²) in [5.74, 6) is -0.520. The molecule has 0 bridgehead atoms. The van der Waals surface area contributed by atoms with Gasteiger partial charge in [-0.2, -0.15) is 0 Å². The lowest BCUT2D eigenvalue weighted by atomic mass is 9.98. The number of fused-ring (bicyclic) bond motifs is 1. The van der Waals surface area contributed by atoms with Crippen LogP contribution in [-0.2, 0) is 9.59 Å². The number of anilines is 1. The van der Waals surface area contributed by atoms with Crippen LogP contribution in [0.5, 0.6) is 23.0 Å². The second-order valence-corrected chi connectivity index (χ2v) is 11.1. The van der Waals surface area contributed by atoms with Crippen LogP contribution in [-0.4, -0.2) is 62.1 Å². The topological polar surface area (TPSA) is 102 Å². The Morgan fingerprint density at radius 2 is 1.75 bits per heavy atom. The summed E-state index contributed by atoms with van der Waals surface area (Å²) < 4.78 is 32.9. The van der Waals surface area contributed by atoms with Crippen LogP contribution in [0.1, 0.15) is 31.2 Å². The van der Waals surface area contributed by atoms with Crippen molar-refractivity contribution >= 4 is 28.4 Å². The molecule has 0 radical (unpaired) electrons. The van der Waals surface area contributed by atoms with Gasteiger partial charge in [-0.05, 0) is 80.7 Å². The molecule has 0 aliphatic carbocycles. The van der Waals surface area contributed by atoms with E-state index in [1.54, 1.807) is 19.4 Å². The summed E-state index contributed by atoms with van der Waals surface area (Å²) in [5, 5.41) is 5.68. The van der Waals surface area contributed by atoms with Crippen LogP contribution in [0.25, 0.3) is 10.9 Å². The molecule has 4 aromatic rings. The number of pyridine rings is 1. The quantitative estimate of drug-likeness (QED) is 0.224. The zero-order valence-electron chi connectivity index (χ0n) is 25.1. The predicted octanol–water partition coefficient (Wildman–Crippen LogP) is 5.75. The molecule has 2 heterocycles. The fourth-order valence-corrected chi connectivity index (χ4v) is 5.18. The number of hydrogen-bond acceptors (Lipinski definition) is 7. The highest BCUT2D eigenvalue weighted by molar-refractivity contribution is 6.39. The normalized spacial score (nSPS) is 14.5. The predicted molar refractivity (Wildman–Crippen MR) is 167 cm³/mol. The summed E-state index contributed by atoms with van der Waals surface area (Å²) in [4.78, 5) is 31.6. The number of likely N-dealkylation sites (tertiary alicyclic amines) is 1. The van der Waals surface area contributed by atoms with Crippen LogP contribution >= 0.6 is 0 Å². The van der Waals surface area contributed by atoms with Crippen molar-refractivity contribution in [3.8, 4) is 23.0 Å². The van der Waals surface area contributed by atoms with E-state index in [4.69, 9.17) is 14.2 Å². The number of halogens is 1. The Kier molecular flexibility index (Phi) is 9.91. The lowest BCUT2D eigenvalue weighted by molar-refractivity contribution is -0.136. The average Bonchev–Trinajstić information content (AvgIpc) is 3.04. The highest BCUT2D eigenvalue weighted by atomic mass is 19.1. The first-order valence-corrected chi connectivity index (χ1v) is 14.7. The van der Waals surface area contributed by atoms with Crippen molar-refractivity contribution in [2.24, 2.45) is 5.92 Å². The second-order valence-electron chi connectivity index (χ2n) is 11.1. The van der Waals surface area contributed by atoms with Gasteiger partial charge in [-0.15, -0.1) is 0 Å². The van der Waals surface area contributed by atoms with Crippen LogP contribution in [0, 0.1) is 11.7 Å². The molecule has 2 N–H and O–H groups in total. The summed E-state index contributed by atoms with van der Waals surface area (Å²) >= 11 is 0. The van der Waals surface area contributed by atoms with Gasteiger partial charge in [-0.3, -0.25) is 14.6 Å². The first-order valence-electron chi connectivity index (χ1n) is 14.7. The van der Waals surface area contributed by atoms with Crippen LogP contribution in [0.2, 0.25) is 0 Å². The Hall–Kier alpha value is -4.70. The number of methoxy groups -OCH3 is 1. The number of benzene rings is 3. The molecule has 1 unspecified atom stereocenters. The van der Waals surface area contributed by atoms with E-state index in [1.807, 2.05) is 49.4 Å². The first kappa shape index (κ1) is 30.7. The minimum atomic E-state index is -0.889. The number of nitrogens with one attached hydrogen (secondary N) is 2. The highest BCUT2D eigenvalue weighted by Crippen LogP contribution is 2.40. The van der Waals surface area contributed by atoms with E-state index in [2.05, 4.69) is 27.6 Å². The lowest BCUT2D eigenvalue weighted by Gasteiger charge is -2.28. The molecule has 1 aromatic heterocycles. The Morgan fingerprint density at radius 3 is 2.48 bits per heavy atom. The molecule has 1 atom stereocenters. The van der Waals surface area contributed by atoms with Gasteiger partial charge in [0, 0.05) is 29.9 Å².